The van der Waals surface area contributed by atoms with Crippen LogP contribution in [0.3, 0.4) is 0 Å². The molecule has 0 N–H and O–H groups in total. The predicted octanol–water partition coefficient (Wildman–Crippen LogP) is 4.32. The van der Waals surface area contributed by atoms with E-state index in [0.717, 1.165) is 16.8 Å². The second-order valence-electron chi connectivity index (χ2n) is 7.42. The summed E-state index contributed by atoms with van der Waals surface area (Å²) in [6, 6.07) is 26.5. The molecular formula is C26H24N4O2. The van der Waals surface area contributed by atoms with Crippen molar-refractivity contribution in [3.63, 3.8) is 0 Å². The minimum absolute atomic E-state index is 0.0124. The molecule has 0 aliphatic carbocycles. The van der Waals surface area contributed by atoms with Gasteiger partial charge in [0.1, 0.15) is 0 Å². The quantitative estimate of drug-likeness (QED) is 0.422. The van der Waals surface area contributed by atoms with Gasteiger partial charge in [0.2, 0.25) is 5.91 Å². The summed E-state index contributed by atoms with van der Waals surface area (Å²) in [6.45, 7) is 0.872. The zero-order chi connectivity index (χ0) is 22.2. The number of rotatable bonds is 8. The Morgan fingerprint density at radius 1 is 0.844 bits per heavy atom. The van der Waals surface area contributed by atoms with E-state index in [2.05, 4.69) is 10.1 Å². The van der Waals surface area contributed by atoms with E-state index in [9.17, 15) is 9.59 Å². The Hall–Kier alpha value is -4.06. The van der Waals surface area contributed by atoms with Crippen LogP contribution in [0.25, 0.3) is 11.3 Å². The van der Waals surface area contributed by atoms with Crippen LogP contribution in [0.4, 0.5) is 5.69 Å². The molecule has 0 fully saturated rings. The van der Waals surface area contributed by atoms with Crippen molar-refractivity contribution >= 4 is 11.6 Å². The molecule has 2 aromatic heterocycles. The number of aryl methyl sites for hydroxylation is 1. The molecule has 0 saturated carbocycles. The van der Waals surface area contributed by atoms with Crippen molar-refractivity contribution < 1.29 is 4.79 Å². The van der Waals surface area contributed by atoms with Gasteiger partial charge < -0.3 is 4.90 Å². The number of anilines is 1. The van der Waals surface area contributed by atoms with Crippen LogP contribution in [-0.4, -0.2) is 20.7 Å². The maximum Gasteiger partial charge on any atom is 0.266 e. The Labute approximate surface area is 186 Å². The van der Waals surface area contributed by atoms with E-state index in [1.54, 1.807) is 23.4 Å². The standard InChI is InChI=1S/C26H24N4O2/c31-25(29(23-10-5-2-6-11-23)20-21-8-3-1-4-9-21)12-7-19-30-26(32)14-13-24(28-30)22-15-17-27-18-16-22/h1-6,8-11,13-18H,7,12,19-20H2. The molecule has 0 aliphatic heterocycles. The van der Waals surface area contributed by atoms with Crippen molar-refractivity contribution in [2.75, 3.05) is 4.90 Å². The molecular weight excluding hydrogens is 400 g/mol. The van der Waals surface area contributed by atoms with Gasteiger partial charge in [-0.15, -0.1) is 0 Å². The van der Waals surface area contributed by atoms with Crippen LogP contribution in [0.15, 0.2) is 102 Å². The molecule has 6 nitrogen and oxygen atoms in total. The van der Waals surface area contributed by atoms with E-state index >= 15 is 0 Å². The van der Waals surface area contributed by atoms with E-state index < -0.39 is 0 Å². The molecule has 2 heterocycles. The third kappa shape index (κ3) is 5.35. The van der Waals surface area contributed by atoms with E-state index in [4.69, 9.17) is 0 Å². The normalized spacial score (nSPS) is 10.6. The highest BCUT2D eigenvalue weighted by Gasteiger charge is 2.16. The summed E-state index contributed by atoms with van der Waals surface area (Å²) in [5.41, 5.74) is 3.33. The monoisotopic (exact) mass is 424 g/mol. The fourth-order valence-electron chi connectivity index (χ4n) is 3.50. The van der Waals surface area contributed by atoms with Gasteiger partial charge in [-0.2, -0.15) is 5.10 Å². The van der Waals surface area contributed by atoms with E-state index in [-0.39, 0.29) is 11.5 Å². The molecule has 160 valence electrons. The van der Waals surface area contributed by atoms with Crippen LogP contribution in [0.5, 0.6) is 0 Å². The first-order valence-electron chi connectivity index (χ1n) is 10.6. The van der Waals surface area contributed by atoms with Crippen molar-refractivity contribution in [3.8, 4) is 11.3 Å². The number of carbonyl (C=O) groups is 1. The molecule has 0 saturated heterocycles. The third-order valence-electron chi connectivity index (χ3n) is 5.16. The first-order valence-corrected chi connectivity index (χ1v) is 10.6. The number of hydrogen-bond donors (Lipinski definition) is 0. The minimum Gasteiger partial charge on any atom is -0.308 e. The average Bonchev–Trinajstić information content (AvgIpc) is 2.85. The SMILES string of the molecule is O=C(CCCn1nc(-c2ccncc2)ccc1=O)N(Cc1ccccc1)c1ccccc1. The lowest BCUT2D eigenvalue weighted by Gasteiger charge is -2.23. The average molecular weight is 425 g/mol. The van der Waals surface area contributed by atoms with E-state index in [1.807, 2.05) is 72.8 Å². The third-order valence-corrected chi connectivity index (χ3v) is 5.16. The van der Waals surface area contributed by atoms with Crippen LogP contribution in [0.1, 0.15) is 18.4 Å². The largest absolute Gasteiger partial charge is 0.308 e. The molecule has 0 atom stereocenters. The fourth-order valence-corrected chi connectivity index (χ4v) is 3.50. The lowest BCUT2D eigenvalue weighted by atomic mass is 10.1. The fraction of sp³-hybridized carbons (Fsp3) is 0.154. The molecule has 0 spiro atoms. The Morgan fingerprint density at radius 2 is 1.53 bits per heavy atom. The Balaban J connectivity index is 1.45. The van der Waals surface area contributed by atoms with Crippen LogP contribution in [-0.2, 0) is 17.9 Å². The number of amides is 1. The molecule has 0 aliphatic rings. The van der Waals surface area contributed by atoms with Crippen molar-refractivity contribution in [2.45, 2.75) is 25.9 Å². The maximum absolute atomic E-state index is 13.1. The molecule has 1 amide bonds. The van der Waals surface area contributed by atoms with Gasteiger partial charge in [0.05, 0.1) is 12.2 Å². The van der Waals surface area contributed by atoms with Crippen LogP contribution in [0, 0.1) is 0 Å². The number of benzene rings is 2. The Kier molecular flexibility index (Phi) is 6.82. The molecule has 4 rings (SSSR count). The van der Waals surface area contributed by atoms with Gasteiger partial charge >= 0.3 is 0 Å². The molecule has 4 aromatic rings. The predicted molar refractivity (Wildman–Crippen MR) is 125 cm³/mol. The number of nitrogens with zero attached hydrogens (tertiary/aromatic N) is 4. The second kappa shape index (κ2) is 10.3. The van der Waals surface area contributed by atoms with Gasteiger partial charge in [-0.05, 0) is 42.3 Å². The smallest absolute Gasteiger partial charge is 0.266 e. The number of para-hydroxylation sites is 1. The van der Waals surface area contributed by atoms with Crippen molar-refractivity contribution in [1.29, 1.82) is 0 Å². The van der Waals surface area contributed by atoms with Crippen molar-refractivity contribution in [2.24, 2.45) is 0 Å². The summed E-state index contributed by atoms with van der Waals surface area (Å²) in [7, 11) is 0. The molecule has 2 aromatic carbocycles. The topological polar surface area (TPSA) is 68.1 Å². The summed E-state index contributed by atoms with van der Waals surface area (Å²) in [4.78, 5) is 31.2. The molecule has 0 unspecified atom stereocenters. The number of pyridine rings is 1. The first-order chi connectivity index (χ1) is 15.7. The van der Waals surface area contributed by atoms with E-state index in [0.29, 0.717) is 31.6 Å². The summed E-state index contributed by atoms with van der Waals surface area (Å²) < 4.78 is 1.42. The lowest BCUT2D eigenvalue weighted by Crippen LogP contribution is -2.31. The minimum atomic E-state index is -0.181. The highest BCUT2D eigenvalue weighted by molar-refractivity contribution is 5.93. The van der Waals surface area contributed by atoms with Gasteiger partial charge in [0, 0.05) is 42.7 Å². The van der Waals surface area contributed by atoms with Gasteiger partial charge in [0.25, 0.3) is 5.56 Å². The van der Waals surface area contributed by atoms with Crippen LogP contribution >= 0.6 is 0 Å². The molecule has 32 heavy (non-hydrogen) atoms. The van der Waals surface area contributed by atoms with Gasteiger partial charge in [-0.3, -0.25) is 14.6 Å². The van der Waals surface area contributed by atoms with Crippen molar-refractivity contribution in [3.05, 3.63) is 113 Å². The lowest BCUT2D eigenvalue weighted by molar-refractivity contribution is -0.118. The zero-order valence-corrected chi connectivity index (χ0v) is 17.7. The van der Waals surface area contributed by atoms with Crippen LogP contribution < -0.4 is 10.5 Å². The van der Waals surface area contributed by atoms with Crippen molar-refractivity contribution in [1.82, 2.24) is 14.8 Å². The zero-order valence-electron chi connectivity index (χ0n) is 17.7. The van der Waals surface area contributed by atoms with Gasteiger partial charge in [-0.1, -0.05) is 48.5 Å². The van der Waals surface area contributed by atoms with Crippen LogP contribution in [0.2, 0.25) is 0 Å². The highest BCUT2D eigenvalue weighted by Crippen LogP contribution is 2.19. The summed E-state index contributed by atoms with van der Waals surface area (Å²) >= 11 is 0. The highest BCUT2D eigenvalue weighted by atomic mass is 16.2. The summed E-state index contributed by atoms with van der Waals surface area (Å²) in [5, 5.41) is 4.46. The summed E-state index contributed by atoms with van der Waals surface area (Å²) in [5.74, 6) is 0.0124. The van der Waals surface area contributed by atoms with Gasteiger partial charge in [-0.25, -0.2) is 4.68 Å². The number of carbonyl (C=O) groups excluding carboxylic acids is 1. The Morgan fingerprint density at radius 3 is 2.25 bits per heavy atom. The first kappa shape index (κ1) is 21.2. The van der Waals surface area contributed by atoms with E-state index in [1.165, 1.54) is 10.7 Å². The van der Waals surface area contributed by atoms with Gasteiger partial charge in [0.15, 0.2) is 0 Å². The summed E-state index contributed by atoms with van der Waals surface area (Å²) in [6.07, 6.45) is 4.21. The number of hydrogen-bond acceptors (Lipinski definition) is 4. The molecule has 0 bridgehead atoms. The second-order valence-corrected chi connectivity index (χ2v) is 7.42. The number of aromatic nitrogens is 3. The maximum atomic E-state index is 13.1. The Bertz CT molecular complexity index is 1210. The molecule has 6 heteroatoms. The molecule has 0 radical (unpaired) electrons.